The molecule has 142 valence electrons. The molecule has 3 heterocycles. The van der Waals surface area contributed by atoms with Crippen LogP contribution in [-0.4, -0.2) is 43.7 Å². The van der Waals surface area contributed by atoms with Crippen molar-refractivity contribution in [3.05, 3.63) is 35.7 Å². The number of halogens is 3. The van der Waals surface area contributed by atoms with Crippen molar-refractivity contribution in [1.82, 2.24) is 24.2 Å². The van der Waals surface area contributed by atoms with E-state index >= 15 is 0 Å². The van der Waals surface area contributed by atoms with Gasteiger partial charge in [-0.05, 0) is 24.8 Å². The molecule has 0 radical (unpaired) electrons. The van der Waals surface area contributed by atoms with Crippen LogP contribution >= 0.6 is 0 Å². The van der Waals surface area contributed by atoms with Crippen molar-refractivity contribution in [3.63, 3.8) is 0 Å². The van der Waals surface area contributed by atoms with Crippen LogP contribution in [0, 0.1) is 5.92 Å². The van der Waals surface area contributed by atoms with Crippen LogP contribution in [-0.2, 0) is 37.4 Å². The van der Waals surface area contributed by atoms with Gasteiger partial charge in [0.1, 0.15) is 5.82 Å². The third-order valence-corrected chi connectivity index (χ3v) is 4.86. The fraction of sp³-hybridized carbons (Fsp3) is 0.588. The smallest absolute Gasteiger partial charge is 0.345 e. The van der Waals surface area contributed by atoms with E-state index < -0.39 is 11.9 Å². The molecule has 0 spiro atoms. The summed E-state index contributed by atoms with van der Waals surface area (Å²) >= 11 is 0. The number of alkyl halides is 3. The Morgan fingerprint density at radius 2 is 2.19 bits per heavy atom. The van der Waals surface area contributed by atoms with Gasteiger partial charge in [0.05, 0.1) is 0 Å². The molecular formula is C17H22F3N5O. The van der Waals surface area contributed by atoms with E-state index in [1.165, 1.54) is 0 Å². The molecule has 0 unspecified atom stereocenters. The van der Waals surface area contributed by atoms with Crippen LogP contribution in [0.2, 0.25) is 0 Å². The summed E-state index contributed by atoms with van der Waals surface area (Å²) in [5, 5.41) is 4.08. The molecule has 0 bridgehead atoms. The third kappa shape index (κ3) is 4.08. The van der Waals surface area contributed by atoms with Gasteiger partial charge in [-0.25, -0.2) is 4.98 Å². The number of nitrogens with zero attached hydrogens (tertiary/aromatic N) is 5. The van der Waals surface area contributed by atoms with Gasteiger partial charge in [0.25, 0.3) is 0 Å². The zero-order valence-corrected chi connectivity index (χ0v) is 14.8. The fourth-order valence-corrected chi connectivity index (χ4v) is 3.36. The Morgan fingerprint density at radius 3 is 2.85 bits per heavy atom. The first-order valence-corrected chi connectivity index (χ1v) is 8.58. The maximum Gasteiger partial charge on any atom is 0.434 e. The van der Waals surface area contributed by atoms with Gasteiger partial charge >= 0.3 is 6.18 Å². The minimum absolute atomic E-state index is 0.0265. The van der Waals surface area contributed by atoms with E-state index in [2.05, 4.69) is 10.1 Å². The summed E-state index contributed by atoms with van der Waals surface area (Å²) in [6.07, 6.45) is 0.585. The second-order valence-electron chi connectivity index (χ2n) is 6.82. The van der Waals surface area contributed by atoms with Crippen molar-refractivity contribution in [1.29, 1.82) is 0 Å². The Balaban J connectivity index is 1.53. The minimum atomic E-state index is -4.42. The normalized spacial score (nSPS) is 17.2. The van der Waals surface area contributed by atoms with Gasteiger partial charge in [-0.15, -0.1) is 0 Å². The summed E-state index contributed by atoms with van der Waals surface area (Å²) in [5.74, 6) is 0.626. The van der Waals surface area contributed by atoms with Crippen molar-refractivity contribution in [2.75, 3.05) is 13.6 Å². The zero-order valence-electron chi connectivity index (χ0n) is 14.8. The predicted molar refractivity (Wildman–Crippen MR) is 88.2 cm³/mol. The number of hydrogen-bond donors (Lipinski definition) is 0. The van der Waals surface area contributed by atoms with Crippen molar-refractivity contribution in [3.8, 4) is 0 Å². The van der Waals surface area contributed by atoms with Crippen molar-refractivity contribution >= 4 is 5.91 Å². The second kappa shape index (κ2) is 7.13. The molecule has 3 rings (SSSR count). The van der Waals surface area contributed by atoms with E-state index in [9.17, 15) is 18.0 Å². The topological polar surface area (TPSA) is 56.0 Å². The van der Waals surface area contributed by atoms with E-state index in [-0.39, 0.29) is 11.8 Å². The summed E-state index contributed by atoms with van der Waals surface area (Å²) in [6.45, 7) is 0.987. The minimum Gasteiger partial charge on any atom is -0.345 e. The summed E-state index contributed by atoms with van der Waals surface area (Å²) in [4.78, 5) is 17.7. The van der Waals surface area contributed by atoms with Crippen LogP contribution in [0.4, 0.5) is 13.2 Å². The van der Waals surface area contributed by atoms with Crippen LogP contribution in [0.3, 0.4) is 0 Å². The molecule has 0 saturated carbocycles. The number of imidazole rings is 1. The number of amides is 1. The molecule has 0 saturated heterocycles. The Bertz CT molecular complexity index is 780. The Hall–Kier alpha value is -2.32. The van der Waals surface area contributed by atoms with Gasteiger partial charge in [0.2, 0.25) is 5.91 Å². The zero-order chi connectivity index (χ0) is 18.9. The fourth-order valence-electron chi connectivity index (χ4n) is 3.36. The molecule has 1 aliphatic heterocycles. The number of hydrogen-bond acceptors (Lipinski definition) is 3. The molecular weight excluding hydrogens is 347 g/mol. The molecule has 1 aliphatic rings. The molecule has 6 nitrogen and oxygen atoms in total. The highest BCUT2D eigenvalue weighted by Gasteiger charge is 2.35. The monoisotopic (exact) mass is 369 g/mol. The summed E-state index contributed by atoms with van der Waals surface area (Å²) < 4.78 is 41.7. The van der Waals surface area contributed by atoms with Gasteiger partial charge in [0, 0.05) is 58.1 Å². The van der Waals surface area contributed by atoms with Crippen LogP contribution in [0.5, 0.6) is 0 Å². The number of fused-ring (bicyclic) bond motifs is 1. The van der Waals surface area contributed by atoms with Gasteiger partial charge < -0.3 is 9.47 Å². The van der Waals surface area contributed by atoms with E-state index in [1.54, 1.807) is 27.4 Å². The first kappa shape index (κ1) is 18.5. The molecule has 9 heteroatoms. The number of carbonyl (C=O) groups is 1. The Kier molecular flexibility index (Phi) is 5.06. The molecule has 1 amide bonds. The highest BCUT2D eigenvalue weighted by molar-refractivity contribution is 5.76. The lowest BCUT2D eigenvalue weighted by atomic mass is 9.99. The third-order valence-electron chi connectivity index (χ3n) is 4.86. The molecule has 2 aromatic rings. The number of aromatic nitrogens is 4. The van der Waals surface area contributed by atoms with Gasteiger partial charge in [-0.2, -0.15) is 18.3 Å². The molecule has 0 aliphatic carbocycles. The maximum atomic E-state index is 12.8. The van der Waals surface area contributed by atoms with Crippen molar-refractivity contribution < 1.29 is 18.0 Å². The van der Waals surface area contributed by atoms with E-state index in [1.807, 2.05) is 13.1 Å². The van der Waals surface area contributed by atoms with Crippen molar-refractivity contribution in [2.45, 2.75) is 38.4 Å². The van der Waals surface area contributed by atoms with Crippen molar-refractivity contribution in [2.24, 2.45) is 13.0 Å². The highest BCUT2D eigenvalue weighted by Crippen LogP contribution is 2.30. The van der Waals surface area contributed by atoms with E-state index in [0.29, 0.717) is 38.2 Å². The lowest BCUT2D eigenvalue weighted by molar-refractivity contribution is -0.141. The highest BCUT2D eigenvalue weighted by atomic mass is 19.4. The number of rotatable bonds is 5. The lowest BCUT2D eigenvalue weighted by Gasteiger charge is -2.28. The quantitative estimate of drug-likeness (QED) is 0.813. The van der Waals surface area contributed by atoms with Crippen LogP contribution in [0.25, 0.3) is 0 Å². The van der Waals surface area contributed by atoms with Crippen LogP contribution in [0.1, 0.15) is 30.1 Å². The molecule has 0 aromatic carbocycles. The largest absolute Gasteiger partial charge is 0.434 e. The number of aryl methyl sites for hydroxylation is 3. The second-order valence-corrected chi connectivity index (χ2v) is 6.82. The molecule has 2 aromatic heterocycles. The molecule has 0 N–H and O–H groups in total. The predicted octanol–water partition coefficient (Wildman–Crippen LogP) is 2.29. The average Bonchev–Trinajstić information content (AvgIpc) is 3.17. The first-order chi connectivity index (χ1) is 12.2. The average molecular weight is 369 g/mol. The standard InChI is InChI=1S/C17H22F3N5O/c1-23(16(26)6-4-13-7-8-21-24(13)2)9-12-3-5-15-22-14(17(18,19)20)11-25(15)10-12/h7-8,11-12H,3-6,9-10H2,1-2H3/t12-/m1/s1. The Morgan fingerprint density at radius 1 is 1.42 bits per heavy atom. The summed E-state index contributed by atoms with van der Waals surface area (Å²) in [5.41, 5.74) is 0.154. The van der Waals surface area contributed by atoms with Gasteiger partial charge in [-0.3, -0.25) is 9.48 Å². The van der Waals surface area contributed by atoms with Crippen LogP contribution < -0.4 is 0 Å². The molecule has 1 atom stereocenters. The SMILES string of the molecule is CN(C[C@H]1CCc2nc(C(F)(F)F)cn2C1)C(=O)CCc1ccnn1C. The molecule has 0 fully saturated rings. The van der Waals surface area contributed by atoms with Crippen LogP contribution in [0.15, 0.2) is 18.5 Å². The number of carbonyl (C=O) groups excluding carboxylic acids is 1. The van der Waals surface area contributed by atoms with Gasteiger partial charge in [-0.1, -0.05) is 0 Å². The molecule has 26 heavy (non-hydrogen) atoms. The van der Waals surface area contributed by atoms with E-state index in [0.717, 1.165) is 18.3 Å². The maximum absolute atomic E-state index is 12.8. The van der Waals surface area contributed by atoms with Gasteiger partial charge in [0.15, 0.2) is 5.69 Å². The first-order valence-electron chi connectivity index (χ1n) is 8.58. The summed E-state index contributed by atoms with van der Waals surface area (Å²) in [7, 11) is 3.58. The Labute approximate surface area is 149 Å². The van der Waals surface area contributed by atoms with E-state index in [4.69, 9.17) is 0 Å². The summed E-state index contributed by atoms with van der Waals surface area (Å²) in [6, 6.07) is 1.88. The lowest BCUT2D eigenvalue weighted by Crippen LogP contribution is -2.35.